The summed E-state index contributed by atoms with van der Waals surface area (Å²) < 4.78 is 0. The van der Waals surface area contributed by atoms with E-state index in [1.807, 2.05) is 11.8 Å². The molecular weight excluding hydrogens is 573 g/mol. The van der Waals surface area contributed by atoms with E-state index in [2.05, 4.69) is 158 Å². The van der Waals surface area contributed by atoms with Crippen LogP contribution >= 0.6 is 11.8 Å². The van der Waals surface area contributed by atoms with Gasteiger partial charge >= 0.3 is 0 Å². The van der Waals surface area contributed by atoms with Crippen molar-refractivity contribution in [2.24, 2.45) is 0 Å². The Balaban J connectivity index is 1.28. The summed E-state index contributed by atoms with van der Waals surface area (Å²) in [6.45, 7) is 0. The predicted octanol–water partition coefficient (Wildman–Crippen LogP) is 12.1. The van der Waals surface area contributed by atoms with Gasteiger partial charge in [0.25, 0.3) is 0 Å². The van der Waals surface area contributed by atoms with Crippen LogP contribution in [0.25, 0.3) is 66.1 Å². The molecule has 0 aromatic heterocycles. The van der Waals surface area contributed by atoms with E-state index in [-0.39, 0.29) is 0 Å². The monoisotopic (exact) mass is 598 g/mol. The topological polar surface area (TPSA) is 0 Å². The second-order valence-electron chi connectivity index (χ2n) is 12.8. The molecule has 8 aromatic rings. The maximum atomic E-state index is 2.53. The highest BCUT2D eigenvalue weighted by atomic mass is 32.2. The lowest BCUT2D eigenvalue weighted by Crippen LogP contribution is -2.31. The zero-order valence-electron chi connectivity index (χ0n) is 24.9. The van der Waals surface area contributed by atoms with Crippen molar-refractivity contribution in [2.75, 3.05) is 0 Å². The Morgan fingerprint density at radius 1 is 0.348 bits per heavy atom. The lowest BCUT2D eigenvalue weighted by atomic mass is 9.61. The number of hydrogen-bond donors (Lipinski definition) is 0. The molecule has 8 aromatic carbocycles. The van der Waals surface area contributed by atoms with Crippen LogP contribution in [0.2, 0.25) is 0 Å². The van der Waals surface area contributed by atoms with Crippen LogP contribution in [0.1, 0.15) is 22.3 Å². The molecule has 0 bridgehead atoms. The Bertz CT molecular complexity index is 2620. The molecule has 1 spiro atoms. The van der Waals surface area contributed by atoms with Gasteiger partial charge in [0.05, 0.1) is 5.41 Å². The molecule has 1 heterocycles. The van der Waals surface area contributed by atoms with Gasteiger partial charge in [0.1, 0.15) is 0 Å². The summed E-state index contributed by atoms with van der Waals surface area (Å²) in [6.07, 6.45) is 0. The number of hydrogen-bond acceptors (Lipinski definition) is 1. The molecule has 0 saturated carbocycles. The highest BCUT2D eigenvalue weighted by Crippen LogP contribution is 2.62. The average Bonchev–Trinajstić information content (AvgIpc) is 3.41. The molecule has 0 fully saturated rings. The van der Waals surface area contributed by atoms with Crippen molar-refractivity contribution in [1.82, 2.24) is 0 Å². The summed E-state index contributed by atoms with van der Waals surface area (Å²) in [5.41, 5.74) is 15.6. The first-order valence-corrected chi connectivity index (χ1v) is 16.8. The van der Waals surface area contributed by atoms with E-state index in [1.54, 1.807) is 0 Å². The second-order valence-corrected chi connectivity index (χ2v) is 13.8. The van der Waals surface area contributed by atoms with E-state index < -0.39 is 5.41 Å². The van der Waals surface area contributed by atoms with Gasteiger partial charge < -0.3 is 0 Å². The largest absolute Gasteiger partial charge is 0.0888 e. The van der Waals surface area contributed by atoms with E-state index in [9.17, 15) is 0 Å². The molecule has 2 aliphatic carbocycles. The van der Waals surface area contributed by atoms with Gasteiger partial charge in [0.15, 0.2) is 0 Å². The van der Waals surface area contributed by atoms with Crippen molar-refractivity contribution >= 4 is 33.3 Å². The first kappa shape index (κ1) is 24.9. The predicted molar refractivity (Wildman–Crippen MR) is 193 cm³/mol. The fourth-order valence-corrected chi connectivity index (χ4v) is 10.1. The molecule has 0 N–H and O–H groups in total. The molecule has 1 aliphatic heterocycles. The van der Waals surface area contributed by atoms with Gasteiger partial charge in [-0.25, -0.2) is 0 Å². The molecule has 212 valence electrons. The number of benzene rings is 8. The van der Waals surface area contributed by atoms with E-state index in [1.165, 1.54) is 98.1 Å². The zero-order chi connectivity index (χ0) is 30.0. The molecular formula is C45H26S. The summed E-state index contributed by atoms with van der Waals surface area (Å²) in [4.78, 5) is 2.66. The van der Waals surface area contributed by atoms with Crippen molar-refractivity contribution in [2.45, 2.75) is 15.2 Å². The first-order chi connectivity index (χ1) is 22.8. The van der Waals surface area contributed by atoms with Crippen LogP contribution in [-0.4, -0.2) is 0 Å². The summed E-state index contributed by atoms with van der Waals surface area (Å²) in [5, 5.41) is 5.33. The van der Waals surface area contributed by atoms with Gasteiger partial charge in [-0.1, -0.05) is 151 Å². The van der Waals surface area contributed by atoms with Crippen molar-refractivity contribution in [3.8, 4) is 44.5 Å². The van der Waals surface area contributed by atoms with Gasteiger partial charge in [-0.2, -0.15) is 0 Å². The third kappa shape index (κ3) is 2.97. The molecule has 1 atom stereocenters. The van der Waals surface area contributed by atoms with E-state index in [0.717, 1.165) is 0 Å². The normalized spacial score (nSPS) is 16.3. The minimum absolute atomic E-state index is 0.417. The minimum atomic E-state index is -0.417. The van der Waals surface area contributed by atoms with Crippen LogP contribution in [-0.2, 0) is 5.41 Å². The maximum Gasteiger partial charge on any atom is 0.0725 e. The van der Waals surface area contributed by atoms with Crippen molar-refractivity contribution in [3.63, 3.8) is 0 Å². The quantitative estimate of drug-likeness (QED) is 0.181. The summed E-state index contributed by atoms with van der Waals surface area (Å²) in [7, 11) is 0. The Morgan fingerprint density at radius 3 is 1.74 bits per heavy atom. The molecule has 0 amide bonds. The lowest BCUT2D eigenvalue weighted by molar-refractivity contribution is 0.774. The van der Waals surface area contributed by atoms with Crippen molar-refractivity contribution < 1.29 is 0 Å². The molecule has 46 heavy (non-hydrogen) atoms. The molecule has 11 rings (SSSR count). The molecule has 1 heteroatoms. The fourth-order valence-electron chi connectivity index (χ4n) is 8.93. The van der Waals surface area contributed by atoms with E-state index in [4.69, 9.17) is 0 Å². The van der Waals surface area contributed by atoms with Gasteiger partial charge in [-0.15, -0.1) is 0 Å². The third-order valence-electron chi connectivity index (χ3n) is 10.7. The lowest BCUT2D eigenvalue weighted by Gasteiger charge is -2.40. The van der Waals surface area contributed by atoms with Gasteiger partial charge in [0.2, 0.25) is 0 Å². The molecule has 1 unspecified atom stereocenters. The van der Waals surface area contributed by atoms with Crippen molar-refractivity contribution in [1.29, 1.82) is 0 Å². The van der Waals surface area contributed by atoms with Crippen LogP contribution in [0.5, 0.6) is 0 Å². The van der Waals surface area contributed by atoms with Crippen LogP contribution < -0.4 is 0 Å². The van der Waals surface area contributed by atoms with E-state index in [0.29, 0.717) is 0 Å². The standard InChI is InChI=1S/C45H26S/c1-4-17-36-31(13-1)33-25-23-29(30-24-22-28-12-9-21-41-43(28)44(30)35-15-3-6-20-40(35)46-41)26-39(33)45(36)37-18-5-2-14-32(37)34-16-7-10-27-11-8-19-38(45)42(27)34/h1-26H. The molecule has 0 radical (unpaired) electrons. The van der Waals surface area contributed by atoms with Crippen LogP contribution in [0, 0.1) is 0 Å². The van der Waals surface area contributed by atoms with Gasteiger partial charge in [-0.3, -0.25) is 0 Å². The second kappa shape index (κ2) is 8.88. The number of fused-ring (bicyclic) bond motifs is 11. The Hall–Kier alpha value is -5.37. The average molecular weight is 599 g/mol. The van der Waals surface area contributed by atoms with Crippen LogP contribution in [0.4, 0.5) is 0 Å². The first-order valence-electron chi connectivity index (χ1n) is 16.0. The Morgan fingerprint density at radius 2 is 0.913 bits per heavy atom. The molecule has 3 aliphatic rings. The minimum Gasteiger partial charge on any atom is -0.0888 e. The van der Waals surface area contributed by atoms with Crippen molar-refractivity contribution in [3.05, 3.63) is 180 Å². The number of rotatable bonds is 1. The SMILES string of the molecule is c1ccc2c(c1)Sc1cccc3ccc(-c4ccc5c(c4)C4(c6ccccc6-5)c5ccccc5-c5cccc6cccc4c56)c-2c13. The highest BCUT2D eigenvalue weighted by molar-refractivity contribution is 7.99. The molecule has 0 saturated heterocycles. The third-order valence-corrected chi connectivity index (χ3v) is 11.8. The van der Waals surface area contributed by atoms with Crippen LogP contribution in [0.3, 0.4) is 0 Å². The zero-order valence-corrected chi connectivity index (χ0v) is 25.7. The van der Waals surface area contributed by atoms with Gasteiger partial charge in [-0.05, 0) is 101 Å². The smallest absolute Gasteiger partial charge is 0.0725 e. The Labute approximate surface area is 272 Å². The Kier molecular flexibility index (Phi) is 4.80. The summed E-state index contributed by atoms with van der Waals surface area (Å²) >= 11 is 1.89. The van der Waals surface area contributed by atoms with E-state index >= 15 is 0 Å². The molecule has 0 nitrogen and oxygen atoms in total. The highest BCUT2D eigenvalue weighted by Gasteiger charge is 2.50. The van der Waals surface area contributed by atoms with Gasteiger partial charge in [0, 0.05) is 15.2 Å². The summed E-state index contributed by atoms with van der Waals surface area (Å²) in [6, 6.07) is 59.6. The fraction of sp³-hybridized carbons (Fsp3) is 0.0222. The van der Waals surface area contributed by atoms with Crippen LogP contribution in [0.15, 0.2) is 168 Å². The summed E-state index contributed by atoms with van der Waals surface area (Å²) in [5.74, 6) is 0. The maximum absolute atomic E-state index is 2.53.